The van der Waals surface area contributed by atoms with E-state index in [4.69, 9.17) is 16.9 Å². The third-order valence-corrected chi connectivity index (χ3v) is 2.43. The van der Waals surface area contributed by atoms with Gasteiger partial charge < -0.3 is 5.11 Å². The minimum atomic E-state index is -1.07. The largest absolute Gasteiger partial charge is 0.480 e. The fourth-order valence-corrected chi connectivity index (χ4v) is 1.26. The Labute approximate surface area is 82.6 Å². The zero-order valence-electron chi connectivity index (χ0n) is 7.95. The number of nitrogens with zero attached hydrogens (tertiary/aromatic N) is 1. The molecule has 0 heterocycles. The van der Waals surface area contributed by atoms with E-state index >= 15 is 0 Å². The quantitative estimate of drug-likeness (QED) is 0.711. The third-order valence-electron chi connectivity index (χ3n) is 1.98. The van der Waals surface area contributed by atoms with E-state index in [1.165, 1.54) is 6.92 Å². The van der Waals surface area contributed by atoms with Gasteiger partial charge in [0.2, 0.25) is 5.91 Å². The molecule has 1 N–H and O–H groups in total. The molecule has 0 aromatic heterocycles. The maximum Gasteiger partial charge on any atom is 0.328 e. The van der Waals surface area contributed by atoms with Gasteiger partial charge in [-0.15, -0.1) is 0 Å². The van der Waals surface area contributed by atoms with Crippen molar-refractivity contribution in [3.63, 3.8) is 0 Å². The number of hydrogen-bond donors (Lipinski definition) is 1. The number of halogens is 1. The molecule has 2 atom stereocenters. The fraction of sp³-hybridized carbons (Fsp3) is 0.750. The van der Waals surface area contributed by atoms with Gasteiger partial charge in [0.25, 0.3) is 0 Å². The van der Waals surface area contributed by atoms with Gasteiger partial charge in [0.1, 0.15) is 6.04 Å². The minimum Gasteiger partial charge on any atom is -0.480 e. The van der Waals surface area contributed by atoms with Crippen molar-refractivity contribution >= 4 is 23.7 Å². The van der Waals surface area contributed by atoms with Crippen molar-refractivity contribution in [2.24, 2.45) is 5.92 Å². The Bertz CT molecular complexity index is 208. The summed E-state index contributed by atoms with van der Waals surface area (Å²) in [4.78, 5) is 21.6. The molecule has 4 nitrogen and oxygen atoms in total. The molecule has 0 aromatic rings. The lowest BCUT2D eigenvalue weighted by molar-refractivity contribution is -0.147. The van der Waals surface area contributed by atoms with Crippen molar-refractivity contribution in [3.05, 3.63) is 0 Å². The molecule has 0 radical (unpaired) electrons. The van der Waals surface area contributed by atoms with Gasteiger partial charge in [0.05, 0.1) is 0 Å². The molecular formula is C8H14ClNO3. The highest BCUT2D eigenvalue weighted by molar-refractivity contribution is 6.22. The van der Waals surface area contributed by atoms with Crippen LogP contribution in [0.2, 0.25) is 0 Å². The predicted molar refractivity (Wildman–Crippen MR) is 49.3 cm³/mol. The van der Waals surface area contributed by atoms with Crippen molar-refractivity contribution in [1.29, 1.82) is 0 Å². The first-order valence-electron chi connectivity index (χ1n) is 4.10. The maximum absolute atomic E-state index is 10.8. The van der Waals surface area contributed by atoms with Gasteiger partial charge in [0.15, 0.2) is 0 Å². The van der Waals surface area contributed by atoms with Crippen LogP contribution >= 0.6 is 11.8 Å². The molecule has 0 unspecified atom stereocenters. The second-order valence-corrected chi connectivity index (χ2v) is 3.36. The van der Waals surface area contributed by atoms with Crippen LogP contribution in [0.5, 0.6) is 0 Å². The van der Waals surface area contributed by atoms with Crippen LogP contribution in [0.25, 0.3) is 0 Å². The Kier molecular flexibility index (Phi) is 4.77. The van der Waals surface area contributed by atoms with Crippen molar-refractivity contribution < 1.29 is 14.7 Å². The third kappa shape index (κ3) is 3.22. The highest BCUT2D eigenvalue weighted by Crippen LogP contribution is 2.17. The highest BCUT2D eigenvalue weighted by atomic mass is 35.5. The van der Waals surface area contributed by atoms with Crippen LogP contribution in [0.1, 0.15) is 27.2 Å². The molecule has 76 valence electrons. The summed E-state index contributed by atoms with van der Waals surface area (Å²) >= 11 is 5.55. The number of amides is 1. The Morgan fingerprint density at radius 2 is 2.00 bits per heavy atom. The highest BCUT2D eigenvalue weighted by Gasteiger charge is 2.31. The van der Waals surface area contributed by atoms with Gasteiger partial charge in [0, 0.05) is 18.7 Å². The van der Waals surface area contributed by atoms with Gasteiger partial charge in [-0.2, -0.15) is 0 Å². The molecule has 0 bridgehead atoms. The lowest BCUT2D eigenvalue weighted by Crippen LogP contribution is -2.42. The first-order valence-corrected chi connectivity index (χ1v) is 4.44. The van der Waals surface area contributed by atoms with Crippen molar-refractivity contribution in [2.45, 2.75) is 33.2 Å². The monoisotopic (exact) mass is 207 g/mol. The standard InChI is InChI=1S/C8H14ClNO3/c1-4-5(2)7(8(12)13)10(9)6(3)11/h5,7H,4H2,1-3H3,(H,12,13)/t5-,7-/m0/s1. The zero-order valence-corrected chi connectivity index (χ0v) is 8.71. The van der Waals surface area contributed by atoms with Crippen LogP contribution in [0.15, 0.2) is 0 Å². The molecule has 0 aliphatic rings. The van der Waals surface area contributed by atoms with Crippen LogP contribution in [-0.4, -0.2) is 27.4 Å². The van der Waals surface area contributed by atoms with E-state index in [-0.39, 0.29) is 5.92 Å². The van der Waals surface area contributed by atoms with Crippen LogP contribution < -0.4 is 0 Å². The molecule has 0 saturated carbocycles. The lowest BCUT2D eigenvalue weighted by Gasteiger charge is -2.25. The number of carboxylic acids is 1. The van der Waals surface area contributed by atoms with Gasteiger partial charge in [-0.25, -0.2) is 9.21 Å². The predicted octanol–water partition coefficient (Wildman–Crippen LogP) is 1.49. The average Bonchev–Trinajstić information content (AvgIpc) is 2.03. The van der Waals surface area contributed by atoms with Crippen molar-refractivity contribution in [3.8, 4) is 0 Å². The zero-order chi connectivity index (χ0) is 10.6. The Morgan fingerprint density at radius 3 is 2.23 bits per heavy atom. The second-order valence-electron chi connectivity index (χ2n) is 3.00. The number of carbonyl (C=O) groups excluding carboxylic acids is 1. The number of carboxylic acid groups (broad SMARTS) is 1. The molecule has 0 aliphatic heterocycles. The summed E-state index contributed by atoms with van der Waals surface area (Å²) in [5, 5.41) is 8.82. The summed E-state index contributed by atoms with van der Waals surface area (Å²) < 4.78 is 0.747. The molecule has 0 rings (SSSR count). The minimum absolute atomic E-state index is 0.154. The van der Waals surface area contributed by atoms with Crippen molar-refractivity contribution in [1.82, 2.24) is 4.42 Å². The summed E-state index contributed by atoms with van der Waals surface area (Å²) in [6.45, 7) is 4.84. The van der Waals surface area contributed by atoms with Gasteiger partial charge >= 0.3 is 5.97 Å². The Hall–Kier alpha value is -0.770. The van der Waals surface area contributed by atoms with Crippen LogP contribution in [0.3, 0.4) is 0 Å². The van der Waals surface area contributed by atoms with E-state index in [9.17, 15) is 9.59 Å². The lowest BCUT2D eigenvalue weighted by atomic mass is 9.99. The Balaban J connectivity index is 4.60. The van der Waals surface area contributed by atoms with Crippen LogP contribution in [-0.2, 0) is 9.59 Å². The smallest absolute Gasteiger partial charge is 0.328 e. The second kappa shape index (κ2) is 5.07. The number of rotatable bonds is 4. The molecule has 5 heteroatoms. The first kappa shape index (κ1) is 12.2. The summed E-state index contributed by atoms with van der Waals surface area (Å²) in [6.07, 6.45) is 0.660. The summed E-state index contributed by atoms with van der Waals surface area (Å²) in [6, 6.07) is -0.941. The topological polar surface area (TPSA) is 57.6 Å². The van der Waals surface area contributed by atoms with E-state index in [1.807, 2.05) is 6.92 Å². The first-order chi connectivity index (χ1) is 5.91. The molecule has 0 saturated heterocycles. The van der Waals surface area contributed by atoms with Crippen molar-refractivity contribution in [2.75, 3.05) is 0 Å². The number of aliphatic carboxylic acids is 1. The van der Waals surface area contributed by atoms with E-state index < -0.39 is 17.9 Å². The fourth-order valence-electron chi connectivity index (χ4n) is 0.983. The number of hydrogen-bond acceptors (Lipinski definition) is 2. The van der Waals surface area contributed by atoms with Gasteiger partial charge in [-0.1, -0.05) is 20.3 Å². The Morgan fingerprint density at radius 1 is 1.54 bits per heavy atom. The SMILES string of the molecule is CC[C@H](C)[C@@H](C(=O)O)N(Cl)C(C)=O. The molecule has 1 amide bonds. The van der Waals surface area contributed by atoms with Gasteiger partial charge in [-0.3, -0.25) is 4.79 Å². The maximum atomic E-state index is 10.8. The van der Waals surface area contributed by atoms with Gasteiger partial charge in [-0.05, 0) is 5.92 Å². The van der Waals surface area contributed by atoms with Crippen LogP contribution in [0, 0.1) is 5.92 Å². The van der Waals surface area contributed by atoms with E-state index in [2.05, 4.69) is 0 Å². The molecule has 0 aliphatic carbocycles. The summed E-state index contributed by atoms with van der Waals surface area (Å²) in [5.74, 6) is -1.67. The molecule has 0 aromatic carbocycles. The van der Waals surface area contributed by atoms with Crippen LogP contribution in [0.4, 0.5) is 0 Å². The summed E-state index contributed by atoms with van der Waals surface area (Å²) in [5.41, 5.74) is 0. The molecule has 0 spiro atoms. The molecular weight excluding hydrogens is 194 g/mol. The van der Waals surface area contributed by atoms with E-state index in [0.29, 0.717) is 6.42 Å². The van der Waals surface area contributed by atoms with E-state index in [0.717, 1.165) is 4.42 Å². The average molecular weight is 208 g/mol. The molecule has 13 heavy (non-hydrogen) atoms. The van der Waals surface area contributed by atoms with E-state index in [1.54, 1.807) is 6.92 Å². The molecule has 0 fully saturated rings. The number of carbonyl (C=O) groups is 2. The summed E-state index contributed by atoms with van der Waals surface area (Å²) in [7, 11) is 0. The normalized spacial score (nSPS) is 14.8.